The van der Waals surface area contributed by atoms with Crippen molar-refractivity contribution in [3.63, 3.8) is 0 Å². The molecule has 0 spiro atoms. The Morgan fingerprint density at radius 1 is 1.16 bits per heavy atom. The first kappa shape index (κ1) is 26.4. The summed E-state index contributed by atoms with van der Waals surface area (Å²) in [5, 5.41) is 0. The van der Waals surface area contributed by atoms with Crippen LogP contribution in [-0.4, -0.2) is 30.4 Å². The van der Waals surface area contributed by atoms with Gasteiger partial charge in [0.05, 0.1) is 41.7 Å². The van der Waals surface area contributed by atoms with Gasteiger partial charge in [0.25, 0.3) is 5.56 Å². The summed E-state index contributed by atoms with van der Waals surface area (Å²) in [6, 6.07) is 14.4. The van der Waals surface area contributed by atoms with Gasteiger partial charge >= 0.3 is 5.97 Å². The van der Waals surface area contributed by atoms with Gasteiger partial charge in [-0.25, -0.2) is 9.79 Å². The Morgan fingerprint density at radius 2 is 1.95 bits per heavy atom. The molecule has 3 aromatic rings. The predicted octanol–water partition coefficient (Wildman–Crippen LogP) is 4.37. The lowest BCUT2D eigenvalue weighted by Crippen LogP contribution is -2.40. The molecule has 0 saturated carbocycles. The van der Waals surface area contributed by atoms with Crippen LogP contribution in [0.3, 0.4) is 0 Å². The predicted molar refractivity (Wildman–Crippen MR) is 145 cm³/mol. The smallest absolute Gasteiger partial charge is 0.338 e. The maximum atomic E-state index is 13.9. The van der Waals surface area contributed by atoms with E-state index in [1.54, 1.807) is 18.6 Å². The zero-order valence-corrected chi connectivity index (χ0v) is 22.6. The summed E-state index contributed by atoms with van der Waals surface area (Å²) in [4.78, 5) is 32.5. The zero-order chi connectivity index (χ0) is 26.5. The molecule has 0 bridgehead atoms. The second-order valence-corrected chi connectivity index (χ2v) is 9.90. The summed E-state index contributed by atoms with van der Waals surface area (Å²) in [5.74, 6) is 0.871. The molecule has 2 aromatic carbocycles. The minimum atomic E-state index is -0.684. The van der Waals surface area contributed by atoms with Crippen LogP contribution in [0, 0.1) is 0 Å². The molecule has 7 nitrogen and oxygen atoms in total. The Hall–Kier alpha value is -3.65. The van der Waals surface area contributed by atoms with E-state index in [0.717, 1.165) is 17.5 Å². The fraction of sp³-hybridized carbons (Fsp3) is 0.345. The first-order valence-corrected chi connectivity index (χ1v) is 13.3. The zero-order valence-electron chi connectivity index (χ0n) is 21.8. The molecule has 194 valence electrons. The first-order valence-electron chi connectivity index (χ1n) is 12.5. The van der Waals surface area contributed by atoms with Gasteiger partial charge in [-0.3, -0.25) is 9.36 Å². The monoisotopic (exact) mass is 520 g/mol. The van der Waals surface area contributed by atoms with Crippen LogP contribution in [0.2, 0.25) is 0 Å². The lowest BCUT2D eigenvalue weighted by Gasteiger charge is -2.26. The Balaban J connectivity index is 1.99. The molecule has 8 heteroatoms. The molecule has 1 atom stereocenters. The van der Waals surface area contributed by atoms with Gasteiger partial charge in [0.2, 0.25) is 0 Å². The van der Waals surface area contributed by atoms with Gasteiger partial charge in [-0.15, -0.1) is 0 Å². The van der Waals surface area contributed by atoms with Crippen molar-refractivity contribution in [3.05, 3.63) is 90.6 Å². The number of nitrogens with zero attached hydrogens (tertiary/aromatic N) is 2. The van der Waals surface area contributed by atoms with Crippen LogP contribution in [-0.2, 0) is 9.53 Å². The number of carbonyl (C=O) groups excluding carboxylic acids is 1. The average Bonchev–Trinajstić information content (AvgIpc) is 3.19. The van der Waals surface area contributed by atoms with Gasteiger partial charge < -0.3 is 14.2 Å². The van der Waals surface area contributed by atoms with E-state index in [-0.39, 0.29) is 18.3 Å². The number of thiazole rings is 1. The van der Waals surface area contributed by atoms with Gasteiger partial charge in [-0.05, 0) is 57.0 Å². The minimum absolute atomic E-state index is 0.00688. The van der Waals surface area contributed by atoms with Crippen molar-refractivity contribution in [2.45, 2.75) is 52.7 Å². The lowest BCUT2D eigenvalue weighted by molar-refractivity contribution is -0.139. The Labute approximate surface area is 220 Å². The van der Waals surface area contributed by atoms with E-state index in [1.807, 2.05) is 75.4 Å². The van der Waals surface area contributed by atoms with Crippen LogP contribution in [0.25, 0.3) is 6.08 Å². The van der Waals surface area contributed by atoms with Crippen molar-refractivity contribution < 1.29 is 19.0 Å². The van der Waals surface area contributed by atoms with Gasteiger partial charge in [-0.1, -0.05) is 55.0 Å². The molecule has 37 heavy (non-hydrogen) atoms. The molecule has 0 saturated heterocycles. The number of hydrogen-bond donors (Lipinski definition) is 0. The summed E-state index contributed by atoms with van der Waals surface area (Å²) in [6.07, 6.45) is 3.21. The Kier molecular flexibility index (Phi) is 8.28. The van der Waals surface area contributed by atoms with Crippen molar-refractivity contribution in [2.24, 2.45) is 4.99 Å². The van der Waals surface area contributed by atoms with Crippen molar-refractivity contribution in [1.82, 2.24) is 4.57 Å². The maximum Gasteiger partial charge on any atom is 0.338 e. The summed E-state index contributed by atoms with van der Waals surface area (Å²) in [5.41, 5.74) is 2.36. The summed E-state index contributed by atoms with van der Waals surface area (Å²) < 4.78 is 19.0. The molecular formula is C29H32N2O5S. The largest absolute Gasteiger partial charge is 0.497 e. The molecule has 1 aromatic heterocycles. The molecule has 4 rings (SSSR count). The van der Waals surface area contributed by atoms with Crippen molar-refractivity contribution in [2.75, 3.05) is 13.7 Å². The first-order chi connectivity index (χ1) is 17.9. The molecule has 1 aliphatic heterocycles. The molecule has 0 radical (unpaired) electrons. The van der Waals surface area contributed by atoms with Crippen LogP contribution in [0.1, 0.15) is 57.7 Å². The number of rotatable bonds is 9. The van der Waals surface area contributed by atoms with Crippen molar-refractivity contribution >= 4 is 23.4 Å². The van der Waals surface area contributed by atoms with Gasteiger partial charge in [0.15, 0.2) is 4.80 Å². The minimum Gasteiger partial charge on any atom is -0.497 e. The highest BCUT2D eigenvalue weighted by Gasteiger charge is 2.34. The van der Waals surface area contributed by atoms with E-state index >= 15 is 0 Å². The third-order valence-electron chi connectivity index (χ3n) is 5.87. The number of carbonyl (C=O) groups is 1. The van der Waals surface area contributed by atoms with Crippen LogP contribution in [0.5, 0.6) is 11.5 Å². The van der Waals surface area contributed by atoms with E-state index in [9.17, 15) is 9.59 Å². The number of esters is 1. The number of allylic oxidation sites excluding steroid dienone is 1. The molecule has 2 heterocycles. The molecule has 0 fully saturated rings. The Morgan fingerprint density at radius 3 is 2.65 bits per heavy atom. The third-order valence-corrected chi connectivity index (χ3v) is 6.85. The molecule has 0 amide bonds. The number of methoxy groups -OCH3 is 1. The van der Waals surface area contributed by atoms with Gasteiger partial charge in [0, 0.05) is 5.56 Å². The van der Waals surface area contributed by atoms with Crippen molar-refractivity contribution in [3.8, 4) is 11.5 Å². The SMILES string of the molecule is CCCC1=C(C(=O)OCC)[C@H](c2cccc(OC)c2)n2c(s/c(=C\c3ccccc3OC(C)C)c2=O)=N1. The van der Waals surface area contributed by atoms with E-state index in [0.29, 0.717) is 38.5 Å². The van der Waals surface area contributed by atoms with E-state index < -0.39 is 12.0 Å². The molecule has 0 unspecified atom stereocenters. The Bertz CT molecular complexity index is 1500. The second kappa shape index (κ2) is 11.6. The number of hydrogen-bond acceptors (Lipinski definition) is 7. The highest BCUT2D eigenvalue weighted by Crippen LogP contribution is 2.34. The standard InChI is InChI=1S/C29H32N2O5S/c1-6-11-22-25(28(33)35-7-2)26(20-13-10-14-21(16-20)34-5)31-27(32)24(37-29(31)30-22)17-19-12-8-9-15-23(19)36-18(3)4/h8-10,12-18,26H,6-7,11H2,1-5H3/b24-17-/t26-/m0/s1. The normalized spacial score (nSPS) is 15.4. The van der Waals surface area contributed by atoms with E-state index in [4.69, 9.17) is 19.2 Å². The topological polar surface area (TPSA) is 79.1 Å². The average molecular weight is 521 g/mol. The van der Waals surface area contributed by atoms with Crippen LogP contribution >= 0.6 is 11.3 Å². The fourth-order valence-corrected chi connectivity index (χ4v) is 5.36. The van der Waals surface area contributed by atoms with Crippen molar-refractivity contribution in [1.29, 1.82) is 0 Å². The molecule has 1 aliphatic rings. The summed E-state index contributed by atoms with van der Waals surface area (Å²) in [7, 11) is 1.59. The number of fused-ring (bicyclic) bond motifs is 1. The van der Waals surface area contributed by atoms with Gasteiger partial charge in [-0.2, -0.15) is 0 Å². The van der Waals surface area contributed by atoms with Crippen LogP contribution < -0.4 is 24.4 Å². The van der Waals surface area contributed by atoms with Crippen LogP contribution in [0.15, 0.2) is 69.6 Å². The lowest BCUT2D eigenvalue weighted by atomic mass is 9.94. The number of aromatic nitrogens is 1. The number of ether oxygens (including phenoxy) is 3. The molecular weight excluding hydrogens is 488 g/mol. The quantitative estimate of drug-likeness (QED) is 0.392. The fourth-order valence-electron chi connectivity index (χ4n) is 4.35. The second-order valence-electron chi connectivity index (χ2n) is 8.89. The molecule has 0 aliphatic carbocycles. The maximum absolute atomic E-state index is 13.9. The molecule has 0 N–H and O–H groups in total. The van der Waals surface area contributed by atoms with E-state index in [2.05, 4.69) is 0 Å². The number of para-hydroxylation sites is 1. The summed E-state index contributed by atoms with van der Waals surface area (Å²) in [6.45, 7) is 7.96. The summed E-state index contributed by atoms with van der Waals surface area (Å²) >= 11 is 1.30. The van der Waals surface area contributed by atoms with Crippen LogP contribution in [0.4, 0.5) is 0 Å². The third kappa shape index (κ3) is 5.54. The highest BCUT2D eigenvalue weighted by molar-refractivity contribution is 7.07. The highest BCUT2D eigenvalue weighted by atomic mass is 32.1. The number of benzene rings is 2. The van der Waals surface area contributed by atoms with E-state index in [1.165, 1.54) is 11.3 Å². The van der Waals surface area contributed by atoms with Gasteiger partial charge in [0.1, 0.15) is 11.5 Å².